The zero-order chi connectivity index (χ0) is 14.6. The maximum absolute atomic E-state index is 5.94. The number of furan rings is 1. The summed E-state index contributed by atoms with van der Waals surface area (Å²) in [6.07, 6.45) is 4.25. The van der Waals surface area contributed by atoms with E-state index in [2.05, 4.69) is 50.0 Å². The van der Waals surface area contributed by atoms with Crippen LogP contribution in [0.15, 0.2) is 16.5 Å². The quantitative estimate of drug-likeness (QED) is 0.822. The Labute approximate surface area is 123 Å². The molecule has 1 fully saturated rings. The van der Waals surface area contributed by atoms with Crippen molar-refractivity contribution in [2.45, 2.75) is 65.6 Å². The van der Waals surface area contributed by atoms with Crippen LogP contribution in [0.1, 0.15) is 58.5 Å². The van der Waals surface area contributed by atoms with Gasteiger partial charge in [-0.1, -0.05) is 13.3 Å². The predicted octanol–water partition coefficient (Wildman–Crippen LogP) is 3.79. The van der Waals surface area contributed by atoms with Crippen LogP contribution in [-0.4, -0.2) is 23.5 Å². The van der Waals surface area contributed by atoms with Crippen molar-refractivity contribution < 1.29 is 4.42 Å². The SMILES string of the molecule is CCN(Cc1ccc(CNC(C)(C)C)o1)CC1CCC1. The maximum atomic E-state index is 5.94. The van der Waals surface area contributed by atoms with Gasteiger partial charge in [0.2, 0.25) is 0 Å². The molecule has 1 heterocycles. The minimum Gasteiger partial charge on any atom is -0.463 e. The van der Waals surface area contributed by atoms with E-state index in [4.69, 9.17) is 4.42 Å². The number of hydrogen-bond acceptors (Lipinski definition) is 3. The van der Waals surface area contributed by atoms with Crippen molar-refractivity contribution in [3.05, 3.63) is 23.7 Å². The van der Waals surface area contributed by atoms with Gasteiger partial charge in [0.05, 0.1) is 13.1 Å². The Hall–Kier alpha value is -0.800. The Morgan fingerprint density at radius 1 is 1.25 bits per heavy atom. The Balaban J connectivity index is 1.81. The van der Waals surface area contributed by atoms with Gasteiger partial charge in [-0.15, -0.1) is 0 Å². The number of rotatable bonds is 7. The fourth-order valence-electron chi connectivity index (χ4n) is 2.52. The Morgan fingerprint density at radius 2 is 1.95 bits per heavy atom. The predicted molar refractivity (Wildman–Crippen MR) is 83.6 cm³/mol. The van der Waals surface area contributed by atoms with E-state index in [-0.39, 0.29) is 5.54 Å². The lowest BCUT2D eigenvalue weighted by molar-refractivity contribution is 0.168. The summed E-state index contributed by atoms with van der Waals surface area (Å²) >= 11 is 0. The van der Waals surface area contributed by atoms with Crippen LogP contribution >= 0.6 is 0 Å². The first-order valence-corrected chi connectivity index (χ1v) is 8.01. The molecule has 1 aromatic rings. The van der Waals surface area contributed by atoms with E-state index in [1.165, 1.54) is 25.8 Å². The van der Waals surface area contributed by atoms with Gasteiger partial charge in [0.15, 0.2) is 0 Å². The minimum atomic E-state index is 0.132. The van der Waals surface area contributed by atoms with Crippen molar-refractivity contribution >= 4 is 0 Å². The zero-order valence-electron chi connectivity index (χ0n) is 13.5. The molecular formula is C17H30N2O. The summed E-state index contributed by atoms with van der Waals surface area (Å²) in [7, 11) is 0. The molecule has 3 nitrogen and oxygen atoms in total. The summed E-state index contributed by atoms with van der Waals surface area (Å²) in [5, 5.41) is 3.46. The van der Waals surface area contributed by atoms with E-state index in [0.29, 0.717) is 0 Å². The molecule has 0 amide bonds. The second-order valence-corrected chi connectivity index (χ2v) is 7.10. The summed E-state index contributed by atoms with van der Waals surface area (Å²) in [4.78, 5) is 2.50. The van der Waals surface area contributed by atoms with Crippen molar-refractivity contribution in [3.63, 3.8) is 0 Å². The van der Waals surface area contributed by atoms with Crippen LogP contribution in [0.2, 0.25) is 0 Å². The fourth-order valence-corrected chi connectivity index (χ4v) is 2.52. The van der Waals surface area contributed by atoms with Gasteiger partial charge in [-0.25, -0.2) is 0 Å². The summed E-state index contributed by atoms with van der Waals surface area (Å²) in [5.74, 6) is 3.05. The molecule has 2 rings (SSSR count). The van der Waals surface area contributed by atoms with Crippen LogP contribution in [-0.2, 0) is 13.1 Å². The summed E-state index contributed by atoms with van der Waals surface area (Å²) in [6.45, 7) is 12.8. The van der Waals surface area contributed by atoms with Crippen molar-refractivity contribution in [1.29, 1.82) is 0 Å². The Kier molecular flexibility index (Phi) is 5.28. The summed E-state index contributed by atoms with van der Waals surface area (Å²) in [5.41, 5.74) is 0.132. The van der Waals surface area contributed by atoms with Gasteiger partial charge in [0.1, 0.15) is 11.5 Å². The molecule has 1 aliphatic carbocycles. The molecule has 0 aromatic carbocycles. The van der Waals surface area contributed by atoms with Crippen molar-refractivity contribution in [2.75, 3.05) is 13.1 Å². The van der Waals surface area contributed by atoms with Gasteiger partial charge in [-0.2, -0.15) is 0 Å². The Morgan fingerprint density at radius 3 is 2.50 bits per heavy atom. The molecule has 1 saturated carbocycles. The lowest BCUT2D eigenvalue weighted by Gasteiger charge is -2.31. The molecule has 3 heteroatoms. The highest BCUT2D eigenvalue weighted by Crippen LogP contribution is 2.27. The van der Waals surface area contributed by atoms with Crippen LogP contribution in [0, 0.1) is 5.92 Å². The largest absolute Gasteiger partial charge is 0.463 e. The van der Waals surface area contributed by atoms with E-state index < -0.39 is 0 Å². The summed E-state index contributed by atoms with van der Waals surface area (Å²) in [6, 6.07) is 4.23. The van der Waals surface area contributed by atoms with Crippen LogP contribution in [0.25, 0.3) is 0 Å². The standard InChI is InChI=1S/C17H30N2O/c1-5-19(12-14-7-6-8-14)13-16-10-9-15(20-16)11-18-17(2,3)4/h9-10,14,18H,5-8,11-13H2,1-4H3. The highest BCUT2D eigenvalue weighted by Gasteiger charge is 2.20. The smallest absolute Gasteiger partial charge is 0.118 e. The van der Waals surface area contributed by atoms with E-state index in [1.54, 1.807) is 0 Å². The molecule has 0 unspecified atom stereocenters. The number of hydrogen-bond donors (Lipinski definition) is 1. The highest BCUT2D eigenvalue weighted by atomic mass is 16.3. The molecular weight excluding hydrogens is 248 g/mol. The second kappa shape index (κ2) is 6.77. The average molecular weight is 278 g/mol. The fraction of sp³-hybridized carbons (Fsp3) is 0.765. The molecule has 20 heavy (non-hydrogen) atoms. The first-order chi connectivity index (χ1) is 9.46. The summed E-state index contributed by atoms with van der Waals surface area (Å²) < 4.78 is 5.94. The lowest BCUT2D eigenvalue weighted by atomic mass is 9.85. The van der Waals surface area contributed by atoms with Gasteiger partial charge >= 0.3 is 0 Å². The zero-order valence-corrected chi connectivity index (χ0v) is 13.5. The molecule has 0 aliphatic heterocycles. The molecule has 0 radical (unpaired) electrons. The van der Waals surface area contributed by atoms with Crippen molar-refractivity contribution in [1.82, 2.24) is 10.2 Å². The third kappa shape index (κ3) is 4.95. The minimum absolute atomic E-state index is 0.132. The second-order valence-electron chi connectivity index (χ2n) is 7.10. The molecule has 0 atom stereocenters. The lowest BCUT2D eigenvalue weighted by Crippen LogP contribution is -2.34. The van der Waals surface area contributed by atoms with E-state index in [0.717, 1.165) is 37.1 Å². The van der Waals surface area contributed by atoms with Crippen LogP contribution in [0.4, 0.5) is 0 Å². The monoisotopic (exact) mass is 278 g/mol. The van der Waals surface area contributed by atoms with Gasteiger partial charge in [0, 0.05) is 12.1 Å². The Bertz CT molecular complexity index is 401. The highest BCUT2D eigenvalue weighted by molar-refractivity contribution is 5.07. The van der Waals surface area contributed by atoms with E-state index in [9.17, 15) is 0 Å². The number of nitrogens with one attached hydrogen (secondary N) is 1. The van der Waals surface area contributed by atoms with Crippen molar-refractivity contribution in [3.8, 4) is 0 Å². The van der Waals surface area contributed by atoms with Gasteiger partial charge < -0.3 is 9.73 Å². The first kappa shape index (κ1) is 15.6. The molecule has 0 bridgehead atoms. The van der Waals surface area contributed by atoms with Crippen molar-refractivity contribution in [2.24, 2.45) is 5.92 Å². The molecule has 1 aliphatic rings. The van der Waals surface area contributed by atoms with Crippen LogP contribution in [0.5, 0.6) is 0 Å². The van der Waals surface area contributed by atoms with Gasteiger partial charge in [0.25, 0.3) is 0 Å². The van der Waals surface area contributed by atoms with Gasteiger partial charge in [-0.05, 0) is 58.2 Å². The van der Waals surface area contributed by atoms with Crippen LogP contribution in [0.3, 0.4) is 0 Å². The third-order valence-electron chi connectivity index (χ3n) is 4.08. The molecule has 114 valence electrons. The molecule has 0 saturated heterocycles. The third-order valence-corrected chi connectivity index (χ3v) is 4.08. The van der Waals surface area contributed by atoms with Gasteiger partial charge in [-0.3, -0.25) is 4.90 Å². The number of nitrogens with zero attached hydrogens (tertiary/aromatic N) is 1. The van der Waals surface area contributed by atoms with Crippen LogP contribution < -0.4 is 5.32 Å². The topological polar surface area (TPSA) is 28.4 Å². The first-order valence-electron chi connectivity index (χ1n) is 8.01. The molecule has 1 aromatic heterocycles. The normalized spacial score (nSPS) is 16.6. The van der Waals surface area contributed by atoms with E-state index >= 15 is 0 Å². The molecule has 0 spiro atoms. The maximum Gasteiger partial charge on any atom is 0.118 e. The average Bonchev–Trinajstić information content (AvgIpc) is 2.76. The van der Waals surface area contributed by atoms with E-state index in [1.807, 2.05) is 0 Å². The molecule has 1 N–H and O–H groups in total.